The molecule has 4 rings (SSSR count). The quantitative estimate of drug-likeness (QED) is 0.816. The molecule has 1 unspecified atom stereocenters. The van der Waals surface area contributed by atoms with Crippen LogP contribution in [0.5, 0.6) is 0 Å². The minimum atomic E-state index is -0.674. The fourth-order valence-electron chi connectivity index (χ4n) is 3.06. The summed E-state index contributed by atoms with van der Waals surface area (Å²) in [5.41, 5.74) is 2.79. The highest BCUT2D eigenvalue weighted by atomic mass is 19.1. The van der Waals surface area contributed by atoms with Crippen molar-refractivity contribution in [3.8, 4) is 23.2 Å². The molecule has 1 aliphatic carbocycles. The number of hydrogen-bond acceptors (Lipinski definition) is 4. The van der Waals surface area contributed by atoms with Crippen LogP contribution in [0.15, 0.2) is 52.4 Å². The second kappa shape index (κ2) is 6.32. The molecule has 24 heavy (non-hydrogen) atoms. The molecule has 1 fully saturated rings. The highest BCUT2D eigenvalue weighted by Gasteiger charge is 2.21. The Kier molecular flexibility index (Phi) is 3.87. The maximum atomic E-state index is 13.9. The van der Waals surface area contributed by atoms with Gasteiger partial charge in [0.05, 0.1) is 5.70 Å². The van der Waals surface area contributed by atoms with Gasteiger partial charge in [0.25, 0.3) is 11.8 Å². The third-order valence-corrected chi connectivity index (χ3v) is 4.26. The van der Waals surface area contributed by atoms with Crippen LogP contribution in [-0.2, 0) is 0 Å². The standard InChI is InChI=1S/C19H16FN3O/c20-19-18(14-5-3-11-21-12-14)24-17(23-19)10-9-15-8-7-13-4-1-2-6-16(13)22-15/h3,5,7-8,11-12,16,22H,1-2,4,6H2. The van der Waals surface area contributed by atoms with Gasteiger partial charge in [0, 0.05) is 24.0 Å². The number of aromatic nitrogens is 2. The number of hydrogen-bond donors (Lipinski definition) is 1. The number of rotatable bonds is 1. The van der Waals surface area contributed by atoms with Gasteiger partial charge in [-0.15, -0.1) is 0 Å². The van der Waals surface area contributed by atoms with E-state index in [0.29, 0.717) is 11.6 Å². The van der Waals surface area contributed by atoms with Gasteiger partial charge >= 0.3 is 0 Å². The zero-order valence-corrected chi connectivity index (χ0v) is 13.1. The van der Waals surface area contributed by atoms with E-state index in [9.17, 15) is 4.39 Å². The highest BCUT2D eigenvalue weighted by molar-refractivity contribution is 5.55. The van der Waals surface area contributed by atoms with Crippen molar-refractivity contribution in [1.29, 1.82) is 0 Å². The summed E-state index contributed by atoms with van der Waals surface area (Å²) in [5.74, 6) is 5.22. The number of halogens is 1. The van der Waals surface area contributed by atoms with Crippen LogP contribution in [0.1, 0.15) is 31.6 Å². The van der Waals surface area contributed by atoms with E-state index in [-0.39, 0.29) is 11.7 Å². The number of oxazole rings is 1. The zero-order chi connectivity index (χ0) is 16.4. The van der Waals surface area contributed by atoms with Gasteiger partial charge in [0.1, 0.15) is 0 Å². The Labute approximate surface area is 139 Å². The number of allylic oxidation sites excluding steroid dienone is 3. The molecule has 4 nitrogen and oxygen atoms in total. The van der Waals surface area contributed by atoms with Crippen molar-refractivity contribution < 1.29 is 8.81 Å². The lowest BCUT2D eigenvalue weighted by molar-refractivity contribution is 0.484. The van der Waals surface area contributed by atoms with Crippen molar-refractivity contribution in [1.82, 2.24) is 15.3 Å². The molecule has 2 aromatic heterocycles. The van der Waals surface area contributed by atoms with E-state index in [4.69, 9.17) is 4.42 Å². The summed E-state index contributed by atoms with van der Waals surface area (Å²) < 4.78 is 19.4. The summed E-state index contributed by atoms with van der Waals surface area (Å²) in [6.45, 7) is 0. The lowest BCUT2D eigenvalue weighted by Crippen LogP contribution is -2.34. The summed E-state index contributed by atoms with van der Waals surface area (Å²) in [4.78, 5) is 7.70. The Hall–Kier alpha value is -2.87. The normalized spacial score (nSPS) is 19.3. The molecule has 1 saturated carbocycles. The predicted molar refractivity (Wildman–Crippen MR) is 88.1 cm³/mol. The molecule has 0 radical (unpaired) electrons. The van der Waals surface area contributed by atoms with E-state index in [2.05, 4.69) is 33.2 Å². The van der Waals surface area contributed by atoms with Crippen LogP contribution in [0.2, 0.25) is 0 Å². The van der Waals surface area contributed by atoms with Crippen molar-refractivity contribution in [2.24, 2.45) is 0 Å². The van der Waals surface area contributed by atoms with Crippen LogP contribution < -0.4 is 5.32 Å². The fraction of sp³-hybridized carbons (Fsp3) is 0.263. The van der Waals surface area contributed by atoms with Gasteiger partial charge in [-0.1, -0.05) is 12.5 Å². The number of nitrogens with one attached hydrogen (secondary N) is 1. The summed E-state index contributed by atoms with van der Waals surface area (Å²) in [7, 11) is 0. The van der Waals surface area contributed by atoms with Crippen molar-refractivity contribution in [3.05, 3.63) is 59.8 Å². The molecule has 0 aromatic carbocycles. The molecule has 0 spiro atoms. The monoisotopic (exact) mass is 321 g/mol. The van der Waals surface area contributed by atoms with Crippen molar-refractivity contribution in [3.63, 3.8) is 0 Å². The molecule has 0 saturated heterocycles. The molecule has 120 valence electrons. The van der Waals surface area contributed by atoms with Crippen LogP contribution in [0.25, 0.3) is 11.3 Å². The van der Waals surface area contributed by atoms with Crippen LogP contribution in [-0.4, -0.2) is 16.0 Å². The van der Waals surface area contributed by atoms with E-state index in [1.54, 1.807) is 18.3 Å². The Morgan fingerprint density at radius 3 is 3.08 bits per heavy atom. The first-order valence-corrected chi connectivity index (χ1v) is 8.05. The number of nitrogens with zero attached hydrogens (tertiary/aromatic N) is 2. The maximum Gasteiger partial charge on any atom is 0.276 e. The van der Waals surface area contributed by atoms with Crippen LogP contribution in [0.4, 0.5) is 4.39 Å². The fourth-order valence-corrected chi connectivity index (χ4v) is 3.06. The molecule has 3 heterocycles. The third-order valence-electron chi connectivity index (χ3n) is 4.26. The second-order valence-electron chi connectivity index (χ2n) is 5.90. The van der Waals surface area contributed by atoms with Crippen molar-refractivity contribution in [2.75, 3.05) is 0 Å². The van der Waals surface area contributed by atoms with E-state index >= 15 is 0 Å². The zero-order valence-electron chi connectivity index (χ0n) is 13.1. The number of pyridine rings is 1. The number of fused-ring (bicyclic) bond motifs is 1. The van der Waals surface area contributed by atoms with Gasteiger partial charge in [-0.3, -0.25) is 4.98 Å². The van der Waals surface area contributed by atoms with Gasteiger partial charge in [-0.2, -0.15) is 9.37 Å². The molecule has 5 heteroatoms. The Bertz CT molecular complexity index is 871. The molecule has 2 aliphatic rings. The van der Waals surface area contributed by atoms with Gasteiger partial charge < -0.3 is 9.73 Å². The first kappa shape index (κ1) is 14.7. The SMILES string of the molecule is Fc1nc(C#CC2=CC=C3CCCCC3N2)oc1-c1cccnc1. The topological polar surface area (TPSA) is 51.0 Å². The number of dihydropyridines is 1. The third kappa shape index (κ3) is 2.95. The summed E-state index contributed by atoms with van der Waals surface area (Å²) in [6, 6.07) is 3.81. The molecule has 0 amide bonds. The van der Waals surface area contributed by atoms with Crippen LogP contribution in [0.3, 0.4) is 0 Å². The maximum absolute atomic E-state index is 13.9. The van der Waals surface area contributed by atoms with Crippen LogP contribution >= 0.6 is 0 Å². The van der Waals surface area contributed by atoms with Crippen LogP contribution in [0, 0.1) is 17.8 Å². The lowest BCUT2D eigenvalue weighted by Gasteiger charge is -2.29. The molecular weight excluding hydrogens is 305 g/mol. The van der Waals surface area contributed by atoms with Gasteiger partial charge in [0.15, 0.2) is 5.76 Å². The van der Waals surface area contributed by atoms with Gasteiger partial charge in [0.2, 0.25) is 0 Å². The lowest BCUT2D eigenvalue weighted by atomic mass is 9.88. The van der Waals surface area contributed by atoms with Gasteiger partial charge in [-0.05, 0) is 54.9 Å². The van der Waals surface area contributed by atoms with Crippen molar-refractivity contribution in [2.45, 2.75) is 31.7 Å². The Balaban J connectivity index is 1.56. The van der Waals surface area contributed by atoms with Gasteiger partial charge in [-0.25, -0.2) is 0 Å². The van der Waals surface area contributed by atoms with E-state index in [0.717, 1.165) is 18.5 Å². The first-order chi connectivity index (χ1) is 11.8. The predicted octanol–water partition coefficient (Wildman–Crippen LogP) is 3.58. The minimum absolute atomic E-state index is 0.0624. The average Bonchev–Trinajstić information content (AvgIpc) is 3.01. The molecule has 1 aliphatic heterocycles. The first-order valence-electron chi connectivity index (χ1n) is 8.05. The Morgan fingerprint density at radius 2 is 2.21 bits per heavy atom. The molecule has 2 aromatic rings. The van der Waals surface area contributed by atoms with E-state index in [1.165, 1.54) is 24.6 Å². The molecule has 1 N–H and O–H groups in total. The molecule has 1 atom stereocenters. The second-order valence-corrected chi connectivity index (χ2v) is 5.90. The average molecular weight is 321 g/mol. The largest absolute Gasteiger partial charge is 0.427 e. The summed E-state index contributed by atoms with van der Waals surface area (Å²) in [5, 5.41) is 3.42. The van der Waals surface area contributed by atoms with E-state index in [1.807, 2.05) is 6.08 Å². The smallest absolute Gasteiger partial charge is 0.276 e. The molecular formula is C19H16FN3O. The summed E-state index contributed by atoms with van der Waals surface area (Å²) in [6.07, 6.45) is 12.0. The Morgan fingerprint density at radius 1 is 1.25 bits per heavy atom. The highest BCUT2D eigenvalue weighted by Crippen LogP contribution is 2.27. The summed E-state index contributed by atoms with van der Waals surface area (Å²) >= 11 is 0. The minimum Gasteiger partial charge on any atom is -0.427 e. The molecule has 0 bridgehead atoms. The van der Waals surface area contributed by atoms with Crippen molar-refractivity contribution >= 4 is 0 Å². The van der Waals surface area contributed by atoms with E-state index < -0.39 is 5.95 Å².